The Bertz CT molecular complexity index is 931. The molecule has 1 aromatic heterocycles. The van der Waals surface area contributed by atoms with E-state index in [1.807, 2.05) is 24.4 Å². The molecule has 6 nitrogen and oxygen atoms in total. The minimum atomic E-state index is -3.25. The van der Waals surface area contributed by atoms with E-state index in [2.05, 4.69) is 44.9 Å². The number of sulfonamides is 1. The second-order valence-corrected chi connectivity index (χ2v) is 11.1. The fourth-order valence-corrected chi connectivity index (χ4v) is 5.98. The van der Waals surface area contributed by atoms with Crippen LogP contribution in [0.15, 0.2) is 54.7 Å². The second kappa shape index (κ2) is 10.9. The van der Waals surface area contributed by atoms with Gasteiger partial charge in [-0.2, -0.15) is 0 Å². The number of rotatable bonds is 8. The third-order valence-electron chi connectivity index (χ3n) is 6.79. The molecule has 0 radical (unpaired) electrons. The molecule has 1 saturated heterocycles. The summed E-state index contributed by atoms with van der Waals surface area (Å²) >= 11 is 0. The van der Waals surface area contributed by atoms with Crippen molar-refractivity contribution < 1.29 is 13.2 Å². The van der Waals surface area contributed by atoms with Crippen LogP contribution in [0.2, 0.25) is 0 Å². The Morgan fingerprint density at radius 3 is 2.47 bits per heavy atom. The Balaban J connectivity index is 1.32. The summed E-state index contributed by atoms with van der Waals surface area (Å²) in [5.74, 6) is 0.758. The van der Waals surface area contributed by atoms with Gasteiger partial charge in [0.1, 0.15) is 0 Å². The highest BCUT2D eigenvalue weighted by Gasteiger charge is 2.32. The molecule has 174 valence electrons. The van der Waals surface area contributed by atoms with Gasteiger partial charge in [-0.25, -0.2) is 13.1 Å². The molecular formula is C25H35N3O3S. The number of pyridine rings is 1. The van der Waals surface area contributed by atoms with Gasteiger partial charge in [0, 0.05) is 37.8 Å². The zero-order chi connectivity index (χ0) is 22.4. The molecule has 0 amide bonds. The van der Waals surface area contributed by atoms with Crippen LogP contribution in [-0.2, 0) is 21.3 Å². The molecule has 7 heteroatoms. The molecular weight excluding hydrogens is 422 g/mol. The molecule has 2 aromatic rings. The van der Waals surface area contributed by atoms with E-state index in [0.717, 1.165) is 57.4 Å². The van der Waals surface area contributed by atoms with Crippen LogP contribution in [0.5, 0.6) is 0 Å². The molecule has 0 bridgehead atoms. The first-order chi connectivity index (χ1) is 15.5. The molecule has 1 aliphatic carbocycles. The normalized spacial score (nSPS) is 27.3. The van der Waals surface area contributed by atoms with Crippen molar-refractivity contribution in [2.24, 2.45) is 5.92 Å². The first kappa shape index (κ1) is 23.4. The molecule has 2 heterocycles. The van der Waals surface area contributed by atoms with Crippen LogP contribution in [0.25, 0.3) is 0 Å². The van der Waals surface area contributed by atoms with Gasteiger partial charge in [-0.3, -0.25) is 9.88 Å². The molecule has 32 heavy (non-hydrogen) atoms. The van der Waals surface area contributed by atoms with Crippen molar-refractivity contribution in [2.75, 3.05) is 26.0 Å². The molecule has 4 rings (SSSR count). The third kappa shape index (κ3) is 6.85. The Morgan fingerprint density at radius 1 is 1.03 bits per heavy atom. The molecule has 2 atom stereocenters. The highest BCUT2D eigenvalue weighted by Crippen LogP contribution is 2.34. The van der Waals surface area contributed by atoms with Crippen molar-refractivity contribution in [3.63, 3.8) is 0 Å². The van der Waals surface area contributed by atoms with E-state index in [9.17, 15) is 8.42 Å². The lowest BCUT2D eigenvalue weighted by atomic mass is 9.82. The number of benzene rings is 1. The predicted octanol–water partition coefficient (Wildman–Crippen LogP) is 3.56. The molecule has 1 N–H and O–H groups in total. The Labute approximate surface area is 192 Å². The van der Waals surface area contributed by atoms with E-state index in [1.54, 1.807) is 0 Å². The molecule has 1 aliphatic heterocycles. The van der Waals surface area contributed by atoms with Crippen LogP contribution >= 0.6 is 0 Å². The van der Waals surface area contributed by atoms with Crippen LogP contribution in [0.3, 0.4) is 0 Å². The van der Waals surface area contributed by atoms with Crippen LogP contribution < -0.4 is 4.72 Å². The fourth-order valence-electron chi connectivity index (χ4n) is 5.12. The first-order valence-corrected chi connectivity index (χ1v) is 13.6. The number of ether oxygens (including phenoxy) is 1. The SMILES string of the molecule is CS(=O)(=O)N[C@H]1CCN(Cc2ccccn2)CC1COC1CCC(c2ccccc2)CC1. The van der Waals surface area contributed by atoms with Crippen molar-refractivity contribution in [2.45, 2.75) is 56.7 Å². The van der Waals surface area contributed by atoms with Gasteiger partial charge in [-0.05, 0) is 55.7 Å². The summed E-state index contributed by atoms with van der Waals surface area (Å²) in [5.41, 5.74) is 2.47. The van der Waals surface area contributed by atoms with E-state index in [1.165, 1.54) is 11.8 Å². The summed E-state index contributed by atoms with van der Waals surface area (Å²) in [5, 5.41) is 0. The van der Waals surface area contributed by atoms with Crippen LogP contribution in [0.1, 0.15) is 49.3 Å². The fraction of sp³-hybridized carbons (Fsp3) is 0.560. The molecule has 2 fully saturated rings. The van der Waals surface area contributed by atoms with Crippen molar-refractivity contribution in [1.82, 2.24) is 14.6 Å². The quantitative estimate of drug-likeness (QED) is 0.656. The van der Waals surface area contributed by atoms with E-state index in [4.69, 9.17) is 4.74 Å². The van der Waals surface area contributed by atoms with E-state index in [0.29, 0.717) is 12.5 Å². The Morgan fingerprint density at radius 2 is 1.78 bits per heavy atom. The Hall–Kier alpha value is -1.80. The van der Waals surface area contributed by atoms with Gasteiger partial charge in [0.25, 0.3) is 0 Å². The standard InChI is InChI=1S/C25H35N3O3S/c1-32(29,30)27-25-14-16-28(18-23-9-5-6-15-26-23)17-22(25)19-31-24-12-10-21(11-13-24)20-7-3-2-4-8-20/h2-9,15,21-22,24-25,27H,10-14,16-19H2,1H3/t21?,22?,24?,25-/m0/s1. The first-order valence-electron chi connectivity index (χ1n) is 11.7. The van der Waals surface area contributed by atoms with E-state index >= 15 is 0 Å². The van der Waals surface area contributed by atoms with Crippen LogP contribution in [-0.4, -0.2) is 56.4 Å². The van der Waals surface area contributed by atoms with Crippen LogP contribution in [0, 0.1) is 5.92 Å². The topological polar surface area (TPSA) is 71.5 Å². The van der Waals surface area contributed by atoms with Crippen molar-refractivity contribution in [3.8, 4) is 0 Å². The highest BCUT2D eigenvalue weighted by molar-refractivity contribution is 7.88. The smallest absolute Gasteiger partial charge is 0.208 e. The van der Waals surface area contributed by atoms with Gasteiger partial charge in [0.15, 0.2) is 0 Å². The maximum atomic E-state index is 11.9. The van der Waals surface area contributed by atoms with Crippen molar-refractivity contribution >= 4 is 10.0 Å². The monoisotopic (exact) mass is 457 g/mol. The molecule has 0 spiro atoms. The minimum absolute atomic E-state index is 0.0781. The molecule has 1 aromatic carbocycles. The molecule has 1 unspecified atom stereocenters. The number of piperidine rings is 1. The average molecular weight is 458 g/mol. The number of hydrogen-bond donors (Lipinski definition) is 1. The van der Waals surface area contributed by atoms with Crippen LogP contribution in [0.4, 0.5) is 0 Å². The predicted molar refractivity (Wildman–Crippen MR) is 127 cm³/mol. The summed E-state index contributed by atoms with van der Waals surface area (Å²) in [6.45, 7) is 3.03. The Kier molecular flexibility index (Phi) is 7.94. The summed E-state index contributed by atoms with van der Waals surface area (Å²) in [7, 11) is -3.25. The summed E-state index contributed by atoms with van der Waals surface area (Å²) in [4.78, 5) is 6.81. The van der Waals surface area contributed by atoms with E-state index in [-0.39, 0.29) is 18.1 Å². The van der Waals surface area contributed by atoms with Crippen molar-refractivity contribution in [3.05, 3.63) is 66.0 Å². The lowest BCUT2D eigenvalue weighted by Crippen LogP contribution is -2.52. The van der Waals surface area contributed by atoms with Gasteiger partial charge < -0.3 is 4.74 Å². The minimum Gasteiger partial charge on any atom is -0.378 e. The molecule has 1 saturated carbocycles. The summed E-state index contributed by atoms with van der Waals surface area (Å²) < 4.78 is 33.1. The largest absolute Gasteiger partial charge is 0.378 e. The number of likely N-dealkylation sites (tertiary alicyclic amines) is 1. The number of hydrogen-bond acceptors (Lipinski definition) is 5. The highest BCUT2D eigenvalue weighted by atomic mass is 32.2. The number of nitrogens with one attached hydrogen (secondary N) is 1. The molecule has 2 aliphatic rings. The summed E-state index contributed by atoms with van der Waals surface area (Å²) in [6.07, 6.45) is 8.54. The maximum absolute atomic E-state index is 11.9. The average Bonchev–Trinajstić information content (AvgIpc) is 2.80. The van der Waals surface area contributed by atoms with Gasteiger partial charge >= 0.3 is 0 Å². The lowest BCUT2D eigenvalue weighted by Gasteiger charge is -2.39. The van der Waals surface area contributed by atoms with Gasteiger partial charge in [0.2, 0.25) is 10.0 Å². The van der Waals surface area contributed by atoms with Gasteiger partial charge in [-0.1, -0.05) is 36.4 Å². The zero-order valence-corrected chi connectivity index (χ0v) is 19.7. The third-order valence-corrected chi connectivity index (χ3v) is 7.52. The maximum Gasteiger partial charge on any atom is 0.208 e. The van der Waals surface area contributed by atoms with Crippen molar-refractivity contribution in [1.29, 1.82) is 0 Å². The van der Waals surface area contributed by atoms with Gasteiger partial charge in [0.05, 0.1) is 24.7 Å². The van der Waals surface area contributed by atoms with Gasteiger partial charge in [-0.15, -0.1) is 0 Å². The second-order valence-electron chi connectivity index (χ2n) is 9.32. The van der Waals surface area contributed by atoms with E-state index < -0.39 is 10.0 Å². The number of nitrogens with zero attached hydrogens (tertiary/aromatic N) is 2. The number of aromatic nitrogens is 1. The summed E-state index contributed by atoms with van der Waals surface area (Å²) in [6, 6.07) is 16.7. The lowest BCUT2D eigenvalue weighted by molar-refractivity contribution is -0.0180. The zero-order valence-electron chi connectivity index (χ0n) is 18.9.